The molecule has 0 amide bonds. The second-order valence-electron chi connectivity index (χ2n) is 6.40. The Morgan fingerprint density at radius 2 is 1.83 bits per heavy atom. The molecular formula is C17H20N4O2S. The van der Waals surface area contributed by atoms with Crippen molar-refractivity contribution in [2.45, 2.75) is 41.4 Å². The summed E-state index contributed by atoms with van der Waals surface area (Å²) < 4.78 is 25.1. The van der Waals surface area contributed by atoms with Gasteiger partial charge >= 0.3 is 0 Å². The highest BCUT2D eigenvalue weighted by molar-refractivity contribution is 7.91. The van der Waals surface area contributed by atoms with E-state index in [9.17, 15) is 8.42 Å². The molecule has 2 bridgehead atoms. The molecule has 2 aliphatic heterocycles. The lowest BCUT2D eigenvalue weighted by molar-refractivity contribution is 0.563. The van der Waals surface area contributed by atoms with Crippen LogP contribution in [0.15, 0.2) is 52.8 Å². The monoisotopic (exact) mass is 344 g/mol. The first-order valence-corrected chi connectivity index (χ1v) is 9.74. The van der Waals surface area contributed by atoms with Crippen molar-refractivity contribution in [3.8, 4) is 0 Å². The van der Waals surface area contributed by atoms with Crippen LogP contribution in [-0.4, -0.2) is 43.6 Å². The van der Waals surface area contributed by atoms with Crippen molar-refractivity contribution in [3.05, 3.63) is 42.7 Å². The van der Waals surface area contributed by atoms with E-state index in [2.05, 4.69) is 20.2 Å². The summed E-state index contributed by atoms with van der Waals surface area (Å²) in [5, 5.41) is 3.71. The van der Waals surface area contributed by atoms with Gasteiger partial charge in [-0.15, -0.1) is 0 Å². The number of fused-ring (bicyclic) bond motifs is 2. The van der Waals surface area contributed by atoms with E-state index in [1.54, 1.807) is 24.4 Å². The molecule has 1 N–H and O–H groups in total. The molecule has 6 nitrogen and oxygen atoms in total. The fraction of sp³-hybridized carbons (Fsp3) is 0.412. The van der Waals surface area contributed by atoms with Crippen LogP contribution < -0.4 is 10.2 Å². The number of rotatable bonds is 3. The molecule has 0 radical (unpaired) electrons. The van der Waals surface area contributed by atoms with Crippen molar-refractivity contribution in [1.29, 1.82) is 0 Å². The maximum atomic E-state index is 12.5. The number of aromatic nitrogens is 2. The normalized spacial score (nSPS) is 23.9. The predicted molar refractivity (Wildman–Crippen MR) is 90.7 cm³/mol. The third kappa shape index (κ3) is 2.89. The van der Waals surface area contributed by atoms with Gasteiger partial charge in [-0.3, -0.25) is 0 Å². The lowest BCUT2D eigenvalue weighted by Gasteiger charge is -2.26. The molecule has 2 atom stereocenters. The third-order valence-electron chi connectivity index (χ3n) is 4.80. The van der Waals surface area contributed by atoms with E-state index in [4.69, 9.17) is 0 Å². The van der Waals surface area contributed by atoms with Gasteiger partial charge in [-0.05, 0) is 43.5 Å². The van der Waals surface area contributed by atoms with Crippen molar-refractivity contribution in [2.24, 2.45) is 0 Å². The Balaban J connectivity index is 1.57. The van der Waals surface area contributed by atoms with Gasteiger partial charge in [-0.2, -0.15) is 0 Å². The van der Waals surface area contributed by atoms with Crippen LogP contribution in [0.5, 0.6) is 0 Å². The third-order valence-corrected chi connectivity index (χ3v) is 6.38. The summed E-state index contributed by atoms with van der Waals surface area (Å²) in [5.74, 6) is 0. The second kappa shape index (κ2) is 6.14. The number of nitrogens with zero attached hydrogens (tertiary/aromatic N) is 3. The SMILES string of the molecule is O=S(=O)(c1ccccn1)c1ccc(N2CCC3CCC(C2)N3)cn1. The Morgan fingerprint density at radius 3 is 2.58 bits per heavy atom. The van der Waals surface area contributed by atoms with Gasteiger partial charge < -0.3 is 10.2 Å². The molecule has 2 aromatic rings. The molecule has 2 unspecified atom stereocenters. The Kier molecular flexibility index (Phi) is 3.97. The highest BCUT2D eigenvalue weighted by Crippen LogP contribution is 2.25. The minimum absolute atomic E-state index is 0.0292. The zero-order valence-electron chi connectivity index (χ0n) is 13.3. The van der Waals surface area contributed by atoms with E-state index >= 15 is 0 Å². The molecule has 2 aliphatic rings. The first-order chi connectivity index (χ1) is 11.6. The molecule has 0 aliphatic carbocycles. The summed E-state index contributed by atoms with van der Waals surface area (Å²) in [7, 11) is -3.66. The first kappa shape index (κ1) is 15.5. The Labute approximate surface area is 141 Å². The fourth-order valence-corrected chi connectivity index (χ4v) is 4.62. The zero-order valence-corrected chi connectivity index (χ0v) is 14.1. The molecule has 7 heteroatoms. The van der Waals surface area contributed by atoms with Crippen molar-refractivity contribution in [3.63, 3.8) is 0 Å². The number of pyridine rings is 2. The molecule has 2 saturated heterocycles. The van der Waals surface area contributed by atoms with Crippen LogP contribution in [0.3, 0.4) is 0 Å². The van der Waals surface area contributed by atoms with E-state index in [1.807, 2.05) is 6.07 Å². The highest BCUT2D eigenvalue weighted by Gasteiger charge is 2.29. The smallest absolute Gasteiger partial charge is 0.241 e. The van der Waals surface area contributed by atoms with Crippen molar-refractivity contribution < 1.29 is 8.42 Å². The van der Waals surface area contributed by atoms with E-state index in [0.29, 0.717) is 12.1 Å². The number of hydrogen-bond donors (Lipinski definition) is 1. The number of anilines is 1. The zero-order chi connectivity index (χ0) is 16.6. The van der Waals surface area contributed by atoms with Crippen LogP contribution in [0.1, 0.15) is 19.3 Å². The maximum absolute atomic E-state index is 12.5. The van der Waals surface area contributed by atoms with E-state index in [-0.39, 0.29) is 10.1 Å². The lowest BCUT2D eigenvalue weighted by atomic mass is 10.1. The second-order valence-corrected chi connectivity index (χ2v) is 8.24. The van der Waals surface area contributed by atoms with Gasteiger partial charge in [0.25, 0.3) is 0 Å². The van der Waals surface area contributed by atoms with Crippen molar-refractivity contribution in [2.75, 3.05) is 18.0 Å². The topological polar surface area (TPSA) is 75.2 Å². The van der Waals surface area contributed by atoms with Gasteiger partial charge in [0.2, 0.25) is 9.84 Å². The van der Waals surface area contributed by atoms with Crippen LogP contribution in [0.4, 0.5) is 5.69 Å². The molecule has 126 valence electrons. The lowest BCUT2D eigenvalue weighted by Crippen LogP contribution is -2.35. The van der Waals surface area contributed by atoms with E-state index in [1.165, 1.54) is 25.1 Å². The molecule has 2 fully saturated rings. The minimum Gasteiger partial charge on any atom is -0.369 e. The summed E-state index contributed by atoms with van der Waals surface area (Å²) >= 11 is 0. The quantitative estimate of drug-likeness (QED) is 0.912. The van der Waals surface area contributed by atoms with Gasteiger partial charge in [0, 0.05) is 31.4 Å². The fourth-order valence-electron chi connectivity index (χ4n) is 3.51. The summed E-state index contributed by atoms with van der Waals surface area (Å²) in [5.41, 5.74) is 0.976. The van der Waals surface area contributed by atoms with Gasteiger partial charge in [-0.25, -0.2) is 18.4 Å². The molecule has 4 rings (SSSR count). The van der Waals surface area contributed by atoms with Crippen LogP contribution in [-0.2, 0) is 9.84 Å². The van der Waals surface area contributed by atoms with Gasteiger partial charge in [0.15, 0.2) is 10.1 Å². The number of nitrogens with one attached hydrogen (secondary N) is 1. The van der Waals surface area contributed by atoms with Crippen molar-refractivity contribution in [1.82, 2.24) is 15.3 Å². The van der Waals surface area contributed by atoms with Crippen LogP contribution in [0.25, 0.3) is 0 Å². The summed E-state index contributed by atoms with van der Waals surface area (Å²) in [6.45, 7) is 1.92. The molecule has 24 heavy (non-hydrogen) atoms. The van der Waals surface area contributed by atoms with Crippen LogP contribution >= 0.6 is 0 Å². The maximum Gasteiger partial charge on any atom is 0.241 e. The largest absolute Gasteiger partial charge is 0.369 e. The molecular weight excluding hydrogens is 324 g/mol. The summed E-state index contributed by atoms with van der Waals surface area (Å²) in [6.07, 6.45) is 6.72. The molecule has 0 aromatic carbocycles. The minimum atomic E-state index is -3.66. The number of sulfone groups is 1. The van der Waals surface area contributed by atoms with Crippen LogP contribution in [0, 0.1) is 0 Å². The Morgan fingerprint density at radius 1 is 1.00 bits per heavy atom. The highest BCUT2D eigenvalue weighted by atomic mass is 32.2. The molecule has 2 aromatic heterocycles. The Hall–Kier alpha value is -1.99. The Bertz CT molecular complexity index is 808. The summed E-state index contributed by atoms with van der Waals surface area (Å²) in [4.78, 5) is 10.4. The first-order valence-electron chi connectivity index (χ1n) is 8.26. The van der Waals surface area contributed by atoms with Gasteiger partial charge in [-0.1, -0.05) is 6.07 Å². The molecule has 0 spiro atoms. The number of hydrogen-bond acceptors (Lipinski definition) is 6. The van der Waals surface area contributed by atoms with Gasteiger partial charge in [0.05, 0.1) is 11.9 Å². The standard InChI is InChI=1S/C17H20N4O2S/c22-24(23,16-3-1-2-9-18-16)17-7-6-15(11-19-17)21-10-8-13-4-5-14(12-21)20-13/h1-3,6-7,9,11,13-14,20H,4-5,8,10,12H2. The summed E-state index contributed by atoms with van der Waals surface area (Å²) in [6, 6.07) is 9.41. The average Bonchev–Trinajstić information content (AvgIpc) is 2.95. The van der Waals surface area contributed by atoms with E-state index < -0.39 is 9.84 Å². The predicted octanol–water partition coefficient (Wildman–Crippen LogP) is 1.64. The average molecular weight is 344 g/mol. The molecule has 0 saturated carbocycles. The van der Waals surface area contributed by atoms with E-state index in [0.717, 1.165) is 25.2 Å². The van der Waals surface area contributed by atoms with Gasteiger partial charge in [0.1, 0.15) is 0 Å². The van der Waals surface area contributed by atoms with Crippen molar-refractivity contribution >= 4 is 15.5 Å². The molecule has 4 heterocycles. The van der Waals surface area contributed by atoms with Crippen LogP contribution in [0.2, 0.25) is 0 Å².